The molecule has 0 aliphatic carbocycles. The first-order valence-electron chi connectivity index (χ1n) is 6.01. The van der Waals surface area contributed by atoms with E-state index in [9.17, 15) is 18.0 Å². The summed E-state index contributed by atoms with van der Waals surface area (Å²) in [4.78, 5) is 23.0. The van der Waals surface area contributed by atoms with Crippen LogP contribution in [0.25, 0.3) is 0 Å². The van der Waals surface area contributed by atoms with Crippen molar-refractivity contribution in [2.45, 2.75) is 30.7 Å². The van der Waals surface area contributed by atoms with Gasteiger partial charge >= 0.3 is 0 Å². The molecule has 20 heavy (non-hydrogen) atoms. The summed E-state index contributed by atoms with van der Waals surface area (Å²) in [5.74, 6) is -0.464. The minimum atomic E-state index is -3.76. The van der Waals surface area contributed by atoms with Gasteiger partial charge in [-0.15, -0.1) is 0 Å². The van der Waals surface area contributed by atoms with E-state index in [0.717, 1.165) is 0 Å². The highest BCUT2D eigenvalue weighted by Crippen LogP contribution is 2.20. The molecule has 1 atom stereocenters. The predicted octanol–water partition coefficient (Wildman–Crippen LogP) is -0.140. The fraction of sp³-hybridized carbons (Fsp3) is 0.333. The maximum Gasteiger partial charge on any atom is 0.246 e. The van der Waals surface area contributed by atoms with Gasteiger partial charge in [0.15, 0.2) is 0 Å². The van der Waals surface area contributed by atoms with Crippen LogP contribution in [-0.2, 0) is 19.6 Å². The van der Waals surface area contributed by atoms with Crippen LogP contribution in [0.1, 0.15) is 18.4 Å². The van der Waals surface area contributed by atoms with Crippen LogP contribution in [0.4, 0.5) is 5.69 Å². The fourth-order valence-electron chi connectivity index (χ4n) is 1.98. The Morgan fingerprint density at radius 2 is 2.15 bits per heavy atom. The van der Waals surface area contributed by atoms with E-state index in [0.29, 0.717) is 24.1 Å². The monoisotopic (exact) mass is 297 g/mol. The normalized spacial score (nSPS) is 18.7. The molecule has 0 spiro atoms. The quantitative estimate of drug-likeness (QED) is 0.719. The Kier molecular flexibility index (Phi) is 3.78. The third kappa shape index (κ3) is 3.14. The lowest BCUT2D eigenvalue weighted by molar-refractivity contribution is -0.122. The summed E-state index contributed by atoms with van der Waals surface area (Å²) in [5, 5.41) is 10.3. The Balaban J connectivity index is 2.14. The minimum absolute atomic E-state index is 0.0119. The van der Waals surface area contributed by atoms with Gasteiger partial charge in [-0.1, -0.05) is 0 Å². The molecule has 7 nitrogen and oxygen atoms in total. The molecule has 4 N–H and O–H groups in total. The van der Waals surface area contributed by atoms with Crippen LogP contribution in [-0.4, -0.2) is 26.3 Å². The molecule has 1 aliphatic heterocycles. The molecule has 0 bridgehead atoms. The van der Waals surface area contributed by atoms with Crippen molar-refractivity contribution >= 4 is 27.5 Å². The molecule has 2 rings (SSSR count). The number of rotatable bonds is 3. The standard InChI is InChI=1S/C12H15N3O4S/c1-7-6-8(20(13,18)19)2-3-9(7)15-12(17)10-4-5-11(16)14-10/h2-3,6,10H,4-5H2,1H3,(H,14,16)(H,15,17)(H2,13,18,19)/t10-/m0/s1. The number of nitrogens with one attached hydrogen (secondary N) is 2. The van der Waals surface area contributed by atoms with Gasteiger partial charge in [0.1, 0.15) is 6.04 Å². The van der Waals surface area contributed by atoms with Gasteiger partial charge in [-0.05, 0) is 37.1 Å². The molecule has 1 fully saturated rings. The second-order valence-electron chi connectivity index (χ2n) is 4.67. The van der Waals surface area contributed by atoms with Gasteiger partial charge in [-0.2, -0.15) is 0 Å². The zero-order valence-electron chi connectivity index (χ0n) is 10.8. The Bertz CT molecular complexity index is 669. The molecule has 1 aliphatic rings. The molecule has 1 aromatic carbocycles. The zero-order chi connectivity index (χ0) is 14.9. The second-order valence-corrected chi connectivity index (χ2v) is 6.23. The van der Waals surface area contributed by atoms with Gasteiger partial charge in [0.2, 0.25) is 21.8 Å². The number of nitrogens with two attached hydrogens (primary N) is 1. The van der Waals surface area contributed by atoms with E-state index in [4.69, 9.17) is 5.14 Å². The van der Waals surface area contributed by atoms with Crippen molar-refractivity contribution in [2.75, 3.05) is 5.32 Å². The van der Waals surface area contributed by atoms with Crippen LogP contribution in [0, 0.1) is 6.92 Å². The number of amides is 2. The average Bonchev–Trinajstić information content (AvgIpc) is 2.77. The zero-order valence-corrected chi connectivity index (χ0v) is 11.7. The smallest absolute Gasteiger partial charge is 0.246 e. The van der Waals surface area contributed by atoms with Crippen LogP contribution in [0.15, 0.2) is 23.1 Å². The van der Waals surface area contributed by atoms with Crippen LogP contribution < -0.4 is 15.8 Å². The van der Waals surface area contributed by atoms with E-state index >= 15 is 0 Å². The Labute approximate surface area is 116 Å². The van der Waals surface area contributed by atoms with Crippen LogP contribution >= 0.6 is 0 Å². The van der Waals surface area contributed by atoms with E-state index in [2.05, 4.69) is 10.6 Å². The third-order valence-corrected chi connectivity index (χ3v) is 4.01. The van der Waals surface area contributed by atoms with Gasteiger partial charge in [-0.25, -0.2) is 13.6 Å². The highest BCUT2D eigenvalue weighted by Gasteiger charge is 2.27. The van der Waals surface area contributed by atoms with Crippen molar-refractivity contribution in [3.05, 3.63) is 23.8 Å². The molecular formula is C12H15N3O4S. The maximum atomic E-state index is 11.9. The van der Waals surface area contributed by atoms with E-state index in [-0.39, 0.29) is 16.7 Å². The molecule has 2 amide bonds. The molecular weight excluding hydrogens is 282 g/mol. The summed E-state index contributed by atoms with van der Waals surface area (Å²) in [6.45, 7) is 1.66. The first-order chi connectivity index (χ1) is 9.27. The number of anilines is 1. The van der Waals surface area contributed by atoms with Gasteiger partial charge in [0, 0.05) is 12.1 Å². The van der Waals surface area contributed by atoms with Crippen LogP contribution in [0.3, 0.4) is 0 Å². The molecule has 0 saturated carbocycles. The maximum absolute atomic E-state index is 11.9. The van der Waals surface area contributed by atoms with Gasteiger partial charge in [0.05, 0.1) is 4.90 Å². The van der Waals surface area contributed by atoms with E-state index in [1.807, 2.05) is 0 Å². The highest BCUT2D eigenvalue weighted by molar-refractivity contribution is 7.89. The largest absolute Gasteiger partial charge is 0.344 e. The molecule has 0 unspecified atom stereocenters. The first kappa shape index (κ1) is 14.5. The molecule has 0 aromatic heterocycles. The second kappa shape index (κ2) is 5.22. The van der Waals surface area contributed by atoms with E-state index in [1.165, 1.54) is 18.2 Å². The van der Waals surface area contributed by atoms with Crippen molar-refractivity contribution in [1.29, 1.82) is 0 Å². The number of hydrogen-bond donors (Lipinski definition) is 3. The van der Waals surface area contributed by atoms with Crippen molar-refractivity contribution in [3.8, 4) is 0 Å². The molecule has 1 heterocycles. The molecule has 108 valence electrons. The molecule has 8 heteroatoms. The number of carbonyl (C=O) groups excluding carboxylic acids is 2. The predicted molar refractivity (Wildman–Crippen MR) is 72.3 cm³/mol. The van der Waals surface area contributed by atoms with Crippen molar-refractivity contribution in [2.24, 2.45) is 5.14 Å². The van der Waals surface area contributed by atoms with Gasteiger partial charge < -0.3 is 10.6 Å². The van der Waals surface area contributed by atoms with Gasteiger partial charge in [-0.3, -0.25) is 9.59 Å². The molecule has 1 saturated heterocycles. The van der Waals surface area contributed by atoms with Crippen molar-refractivity contribution in [1.82, 2.24) is 5.32 Å². The summed E-state index contributed by atoms with van der Waals surface area (Å²) < 4.78 is 22.4. The Morgan fingerprint density at radius 3 is 2.65 bits per heavy atom. The van der Waals surface area contributed by atoms with Crippen molar-refractivity contribution in [3.63, 3.8) is 0 Å². The summed E-state index contributed by atoms with van der Waals surface area (Å²) in [5.41, 5.74) is 1.07. The lowest BCUT2D eigenvalue weighted by atomic mass is 10.1. The fourth-order valence-corrected chi connectivity index (χ4v) is 2.58. The van der Waals surface area contributed by atoms with E-state index < -0.39 is 16.1 Å². The van der Waals surface area contributed by atoms with Crippen LogP contribution in [0.2, 0.25) is 0 Å². The third-order valence-electron chi connectivity index (χ3n) is 3.10. The SMILES string of the molecule is Cc1cc(S(N)(=O)=O)ccc1NC(=O)[C@@H]1CCC(=O)N1. The molecule has 1 aromatic rings. The lowest BCUT2D eigenvalue weighted by Crippen LogP contribution is -2.37. The first-order valence-corrected chi connectivity index (χ1v) is 7.55. The van der Waals surface area contributed by atoms with Crippen molar-refractivity contribution < 1.29 is 18.0 Å². The van der Waals surface area contributed by atoms with Crippen LogP contribution in [0.5, 0.6) is 0 Å². The highest BCUT2D eigenvalue weighted by atomic mass is 32.2. The lowest BCUT2D eigenvalue weighted by Gasteiger charge is -2.13. The summed E-state index contributed by atoms with van der Waals surface area (Å²) in [7, 11) is -3.76. The summed E-state index contributed by atoms with van der Waals surface area (Å²) in [6, 6.07) is 3.65. The topological polar surface area (TPSA) is 118 Å². The number of benzene rings is 1. The van der Waals surface area contributed by atoms with Gasteiger partial charge in [0.25, 0.3) is 0 Å². The summed E-state index contributed by atoms with van der Waals surface area (Å²) >= 11 is 0. The summed E-state index contributed by atoms with van der Waals surface area (Å²) in [6.07, 6.45) is 0.792. The average molecular weight is 297 g/mol. The Morgan fingerprint density at radius 1 is 1.45 bits per heavy atom. The van der Waals surface area contributed by atoms with E-state index in [1.54, 1.807) is 6.92 Å². The molecule has 0 radical (unpaired) electrons. The number of aryl methyl sites for hydroxylation is 1. The number of primary sulfonamides is 1. The Hall–Kier alpha value is -1.93. The number of hydrogen-bond acceptors (Lipinski definition) is 4. The minimum Gasteiger partial charge on any atom is -0.344 e. The number of sulfonamides is 1. The number of carbonyl (C=O) groups is 2.